The first-order chi connectivity index (χ1) is 12.9. The standard InChI is InChI=1S/C20H21N3O4/c1-13-8-9-16(10-14(13)2)21-19(25)22-17(15-6-4-3-5-7-15)11-23-18(24)12-27-20(23)26/h3-10,17H,11-12H2,1-2H3,(H2,21,22,25). The number of anilines is 1. The Morgan fingerprint density at radius 2 is 1.85 bits per heavy atom. The van der Waals surface area contributed by atoms with Gasteiger partial charge in [0.1, 0.15) is 0 Å². The molecule has 1 aliphatic heterocycles. The molecular formula is C20H21N3O4. The highest BCUT2D eigenvalue weighted by atomic mass is 16.6. The van der Waals surface area contributed by atoms with E-state index < -0.39 is 24.1 Å². The van der Waals surface area contributed by atoms with E-state index in [9.17, 15) is 14.4 Å². The van der Waals surface area contributed by atoms with Crippen molar-refractivity contribution in [2.45, 2.75) is 19.9 Å². The number of nitrogens with one attached hydrogen (secondary N) is 2. The number of hydrogen-bond acceptors (Lipinski definition) is 4. The van der Waals surface area contributed by atoms with Crippen LogP contribution in [-0.4, -0.2) is 36.1 Å². The van der Waals surface area contributed by atoms with Crippen molar-refractivity contribution in [1.82, 2.24) is 10.2 Å². The second-order valence-corrected chi connectivity index (χ2v) is 6.42. The quantitative estimate of drug-likeness (QED) is 0.850. The molecule has 1 heterocycles. The molecule has 3 rings (SSSR count). The van der Waals surface area contributed by atoms with Crippen LogP contribution in [0.2, 0.25) is 0 Å². The van der Waals surface area contributed by atoms with Gasteiger partial charge in [0.25, 0.3) is 5.91 Å². The summed E-state index contributed by atoms with van der Waals surface area (Å²) in [6.45, 7) is 3.70. The van der Waals surface area contributed by atoms with Gasteiger partial charge in [0.15, 0.2) is 6.61 Å². The number of benzene rings is 2. The Bertz CT molecular complexity index is 851. The summed E-state index contributed by atoms with van der Waals surface area (Å²) in [7, 11) is 0. The van der Waals surface area contributed by atoms with Crippen molar-refractivity contribution >= 4 is 23.7 Å². The molecule has 1 fully saturated rings. The minimum atomic E-state index is -0.697. The third kappa shape index (κ3) is 4.44. The molecule has 2 N–H and O–H groups in total. The summed E-state index contributed by atoms with van der Waals surface area (Å²) in [5, 5.41) is 5.62. The molecule has 0 aromatic heterocycles. The maximum Gasteiger partial charge on any atom is 0.417 e. The van der Waals surface area contributed by atoms with Crippen LogP contribution in [-0.2, 0) is 9.53 Å². The number of hydrogen-bond donors (Lipinski definition) is 2. The van der Waals surface area contributed by atoms with E-state index in [0.29, 0.717) is 5.69 Å². The number of nitrogens with zero attached hydrogens (tertiary/aromatic N) is 1. The molecule has 7 nitrogen and oxygen atoms in total. The molecule has 1 aliphatic rings. The zero-order valence-corrected chi connectivity index (χ0v) is 15.2. The molecule has 0 aliphatic carbocycles. The number of carbonyl (C=O) groups excluding carboxylic acids is 3. The Kier molecular flexibility index (Phi) is 5.40. The lowest BCUT2D eigenvalue weighted by atomic mass is 10.1. The fraction of sp³-hybridized carbons (Fsp3) is 0.250. The third-order valence-electron chi connectivity index (χ3n) is 4.48. The van der Waals surface area contributed by atoms with Crippen molar-refractivity contribution in [2.75, 3.05) is 18.5 Å². The number of urea groups is 1. The first kappa shape index (κ1) is 18.4. The summed E-state index contributed by atoms with van der Waals surface area (Å²) >= 11 is 0. The highest BCUT2D eigenvalue weighted by Crippen LogP contribution is 2.18. The van der Waals surface area contributed by atoms with Gasteiger partial charge in [-0.3, -0.25) is 4.79 Å². The van der Waals surface area contributed by atoms with Crippen molar-refractivity contribution in [1.29, 1.82) is 0 Å². The van der Waals surface area contributed by atoms with Crippen molar-refractivity contribution in [2.24, 2.45) is 0 Å². The summed E-state index contributed by atoms with van der Waals surface area (Å²) in [5.41, 5.74) is 3.64. The van der Waals surface area contributed by atoms with Crippen LogP contribution < -0.4 is 10.6 Å². The molecule has 0 saturated carbocycles. The second-order valence-electron chi connectivity index (χ2n) is 6.42. The Balaban J connectivity index is 1.74. The molecule has 1 atom stereocenters. The first-order valence-corrected chi connectivity index (χ1v) is 8.61. The molecule has 4 amide bonds. The Morgan fingerprint density at radius 3 is 2.48 bits per heavy atom. The summed E-state index contributed by atoms with van der Waals surface area (Å²) < 4.78 is 4.75. The SMILES string of the molecule is Cc1ccc(NC(=O)NC(CN2C(=O)COC2=O)c2ccccc2)cc1C. The second kappa shape index (κ2) is 7.90. The highest BCUT2D eigenvalue weighted by Gasteiger charge is 2.33. The average Bonchev–Trinajstić information content (AvgIpc) is 2.97. The van der Waals surface area contributed by atoms with E-state index >= 15 is 0 Å². The molecule has 0 radical (unpaired) electrons. The van der Waals surface area contributed by atoms with Crippen LogP contribution in [0.4, 0.5) is 15.3 Å². The van der Waals surface area contributed by atoms with E-state index in [2.05, 4.69) is 10.6 Å². The molecule has 1 unspecified atom stereocenters. The Hall–Kier alpha value is -3.35. The van der Waals surface area contributed by atoms with Gasteiger partial charge in [-0.25, -0.2) is 14.5 Å². The normalized spacial score (nSPS) is 14.7. The lowest BCUT2D eigenvalue weighted by Crippen LogP contribution is -2.41. The smallest absolute Gasteiger partial charge is 0.417 e. The summed E-state index contributed by atoms with van der Waals surface area (Å²) in [6.07, 6.45) is -0.697. The van der Waals surface area contributed by atoms with Crippen molar-refractivity contribution < 1.29 is 19.1 Å². The minimum Gasteiger partial charge on any atom is -0.439 e. The van der Waals surface area contributed by atoms with E-state index in [4.69, 9.17) is 4.74 Å². The van der Waals surface area contributed by atoms with Gasteiger partial charge in [0.2, 0.25) is 0 Å². The zero-order chi connectivity index (χ0) is 19.4. The van der Waals surface area contributed by atoms with Crippen LogP contribution in [0.15, 0.2) is 48.5 Å². The van der Waals surface area contributed by atoms with E-state index in [1.54, 1.807) is 0 Å². The van der Waals surface area contributed by atoms with Gasteiger partial charge in [-0.05, 0) is 42.7 Å². The van der Waals surface area contributed by atoms with E-state index in [-0.39, 0.29) is 13.2 Å². The number of carbonyl (C=O) groups is 3. The largest absolute Gasteiger partial charge is 0.439 e. The summed E-state index contributed by atoms with van der Waals surface area (Å²) in [4.78, 5) is 37.1. The molecular weight excluding hydrogens is 346 g/mol. The van der Waals surface area contributed by atoms with Crippen LogP contribution in [0.25, 0.3) is 0 Å². The average molecular weight is 367 g/mol. The predicted octanol–water partition coefficient (Wildman–Crippen LogP) is 3.15. The van der Waals surface area contributed by atoms with Crippen LogP contribution in [0.1, 0.15) is 22.7 Å². The minimum absolute atomic E-state index is 0.00201. The predicted molar refractivity (Wildman–Crippen MR) is 100 cm³/mol. The van der Waals surface area contributed by atoms with Crippen molar-refractivity contribution in [3.63, 3.8) is 0 Å². The Labute approximate surface area is 157 Å². The lowest BCUT2D eigenvalue weighted by molar-refractivity contribution is -0.126. The van der Waals surface area contributed by atoms with Crippen LogP contribution in [0, 0.1) is 13.8 Å². The number of cyclic esters (lactones) is 1. The fourth-order valence-electron chi connectivity index (χ4n) is 2.80. The lowest BCUT2D eigenvalue weighted by Gasteiger charge is -2.23. The third-order valence-corrected chi connectivity index (χ3v) is 4.48. The number of amides is 4. The van der Waals surface area contributed by atoms with Crippen LogP contribution in [0.5, 0.6) is 0 Å². The molecule has 7 heteroatoms. The van der Waals surface area contributed by atoms with E-state index in [0.717, 1.165) is 21.6 Å². The van der Waals surface area contributed by atoms with Gasteiger partial charge >= 0.3 is 12.1 Å². The maximum absolute atomic E-state index is 12.5. The number of ether oxygens (including phenoxy) is 1. The van der Waals surface area contributed by atoms with Gasteiger partial charge in [-0.2, -0.15) is 0 Å². The summed E-state index contributed by atoms with van der Waals surface area (Å²) in [6, 6.07) is 13.8. The maximum atomic E-state index is 12.5. The molecule has 2 aromatic carbocycles. The number of rotatable bonds is 5. The van der Waals surface area contributed by atoms with Gasteiger partial charge in [-0.15, -0.1) is 0 Å². The first-order valence-electron chi connectivity index (χ1n) is 8.61. The van der Waals surface area contributed by atoms with E-state index in [1.807, 2.05) is 62.4 Å². The number of aryl methyl sites for hydroxylation is 2. The monoisotopic (exact) mass is 367 g/mol. The number of imide groups is 1. The Morgan fingerprint density at radius 1 is 1.11 bits per heavy atom. The van der Waals surface area contributed by atoms with Gasteiger partial charge in [-0.1, -0.05) is 36.4 Å². The van der Waals surface area contributed by atoms with Crippen molar-refractivity contribution in [3.8, 4) is 0 Å². The molecule has 1 saturated heterocycles. The summed E-state index contributed by atoms with van der Waals surface area (Å²) in [5.74, 6) is -0.419. The van der Waals surface area contributed by atoms with E-state index in [1.165, 1.54) is 0 Å². The molecule has 0 bridgehead atoms. The van der Waals surface area contributed by atoms with Gasteiger partial charge < -0.3 is 15.4 Å². The van der Waals surface area contributed by atoms with Crippen LogP contribution >= 0.6 is 0 Å². The zero-order valence-electron chi connectivity index (χ0n) is 15.2. The topological polar surface area (TPSA) is 87.7 Å². The van der Waals surface area contributed by atoms with Crippen LogP contribution in [0.3, 0.4) is 0 Å². The molecule has 0 spiro atoms. The molecule has 140 valence electrons. The highest BCUT2D eigenvalue weighted by molar-refractivity contribution is 5.98. The fourth-order valence-corrected chi connectivity index (χ4v) is 2.80. The molecule has 2 aromatic rings. The van der Waals surface area contributed by atoms with Crippen molar-refractivity contribution in [3.05, 3.63) is 65.2 Å². The van der Waals surface area contributed by atoms with Gasteiger partial charge in [0.05, 0.1) is 12.6 Å². The molecule has 27 heavy (non-hydrogen) atoms. The van der Waals surface area contributed by atoms with Gasteiger partial charge in [0, 0.05) is 5.69 Å².